The van der Waals surface area contributed by atoms with Crippen LogP contribution in [-0.2, 0) is 9.53 Å². The molecule has 1 aliphatic rings. The predicted octanol–water partition coefficient (Wildman–Crippen LogP) is 4.25. The number of nitrogens with zero attached hydrogens (tertiary/aromatic N) is 1. The van der Waals surface area contributed by atoms with E-state index in [1.807, 2.05) is 72.8 Å². The molecule has 0 N–H and O–H groups in total. The number of allylic oxidation sites excluding steroid dienone is 2. The lowest BCUT2D eigenvalue weighted by molar-refractivity contribution is -0.129. The van der Waals surface area contributed by atoms with E-state index >= 15 is 0 Å². The lowest BCUT2D eigenvalue weighted by Crippen LogP contribution is -2.00. The van der Waals surface area contributed by atoms with Crippen LogP contribution in [0.3, 0.4) is 0 Å². The van der Waals surface area contributed by atoms with Gasteiger partial charge >= 0.3 is 5.97 Å². The topological polar surface area (TPSA) is 38.7 Å². The Labute approximate surface area is 135 Å². The molecule has 23 heavy (non-hydrogen) atoms. The van der Waals surface area contributed by atoms with E-state index in [1.54, 1.807) is 18.2 Å². The summed E-state index contributed by atoms with van der Waals surface area (Å²) in [5.41, 5.74) is 2.38. The summed E-state index contributed by atoms with van der Waals surface area (Å²) < 4.78 is 5.12. The van der Waals surface area contributed by atoms with Gasteiger partial charge in [0.2, 0.25) is 5.90 Å². The van der Waals surface area contributed by atoms with Crippen LogP contribution in [0, 0.1) is 0 Å². The summed E-state index contributed by atoms with van der Waals surface area (Å²) in [6.07, 6.45) is 8.90. The molecule has 0 unspecified atom stereocenters. The third-order valence-corrected chi connectivity index (χ3v) is 3.20. The number of benzene rings is 2. The van der Waals surface area contributed by atoms with E-state index in [4.69, 9.17) is 4.74 Å². The molecular formula is C20H15NO2. The average Bonchev–Trinajstić information content (AvgIpc) is 2.95. The minimum atomic E-state index is -0.435. The maximum absolute atomic E-state index is 11.8. The van der Waals surface area contributed by atoms with Crippen LogP contribution in [0.5, 0.6) is 0 Å². The number of aliphatic imine (C=N–C) groups is 1. The summed E-state index contributed by atoms with van der Waals surface area (Å²) in [4.78, 5) is 15.9. The minimum absolute atomic E-state index is 0.296. The Hall–Kier alpha value is -3.20. The van der Waals surface area contributed by atoms with E-state index in [1.165, 1.54) is 0 Å². The number of esters is 1. The quantitative estimate of drug-likeness (QED) is 0.625. The van der Waals surface area contributed by atoms with Crippen LogP contribution in [0.1, 0.15) is 11.1 Å². The van der Waals surface area contributed by atoms with Crippen LogP contribution in [0.15, 0.2) is 89.6 Å². The fourth-order valence-electron chi connectivity index (χ4n) is 2.06. The van der Waals surface area contributed by atoms with Crippen LogP contribution in [0.2, 0.25) is 0 Å². The van der Waals surface area contributed by atoms with Gasteiger partial charge in [-0.05, 0) is 23.3 Å². The highest BCUT2D eigenvalue weighted by atomic mass is 16.6. The van der Waals surface area contributed by atoms with E-state index in [0.717, 1.165) is 11.1 Å². The standard InChI is InChI=1S/C20H15NO2/c22-20-18(13-7-12-16-8-3-1-4-9-16)21-19(23-20)15-14-17-10-5-2-6-11-17/h1-15H/b12-7+,15-14+,18-13+. The van der Waals surface area contributed by atoms with Crippen LogP contribution in [-0.4, -0.2) is 11.9 Å². The zero-order chi connectivity index (χ0) is 15.9. The van der Waals surface area contributed by atoms with E-state index in [-0.39, 0.29) is 0 Å². The number of cyclic esters (lactones) is 1. The van der Waals surface area contributed by atoms with Gasteiger partial charge in [0, 0.05) is 6.08 Å². The number of ether oxygens (including phenoxy) is 1. The first-order valence-corrected chi connectivity index (χ1v) is 7.29. The molecule has 1 aliphatic heterocycles. The van der Waals surface area contributed by atoms with Crippen molar-refractivity contribution < 1.29 is 9.53 Å². The van der Waals surface area contributed by atoms with E-state index in [0.29, 0.717) is 11.6 Å². The third kappa shape index (κ3) is 4.14. The molecule has 2 aromatic carbocycles. The van der Waals surface area contributed by atoms with Gasteiger partial charge in [0.15, 0.2) is 5.70 Å². The summed E-state index contributed by atoms with van der Waals surface area (Å²) in [5.74, 6) is -0.131. The van der Waals surface area contributed by atoms with E-state index in [9.17, 15) is 4.79 Å². The number of rotatable bonds is 4. The third-order valence-electron chi connectivity index (χ3n) is 3.20. The van der Waals surface area contributed by atoms with Gasteiger partial charge in [-0.25, -0.2) is 9.79 Å². The van der Waals surface area contributed by atoms with Crippen molar-refractivity contribution in [3.63, 3.8) is 0 Å². The molecule has 0 aromatic heterocycles. The molecule has 0 spiro atoms. The first-order chi connectivity index (χ1) is 11.3. The molecule has 0 radical (unpaired) electrons. The zero-order valence-electron chi connectivity index (χ0n) is 12.4. The molecule has 0 aliphatic carbocycles. The zero-order valence-corrected chi connectivity index (χ0v) is 12.4. The molecule has 3 nitrogen and oxygen atoms in total. The van der Waals surface area contributed by atoms with Gasteiger partial charge in [0.05, 0.1) is 0 Å². The fourth-order valence-corrected chi connectivity index (χ4v) is 2.06. The molecule has 0 fully saturated rings. The molecule has 1 heterocycles. The lowest BCUT2D eigenvalue weighted by Gasteiger charge is -1.92. The first-order valence-electron chi connectivity index (χ1n) is 7.29. The van der Waals surface area contributed by atoms with Crippen molar-refractivity contribution in [2.24, 2.45) is 4.99 Å². The first kappa shape index (κ1) is 14.7. The second-order valence-corrected chi connectivity index (χ2v) is 4.91. The Bertz CT molecular complexity index is 800. The molecule has 2 aromatic rings. The van der Waals surface area contributed by atoms with Crippen molar-refractivity contribution in [3.05, 3.63) is 95.7 Å². The molecule has 0 saturated heterocycles. The Kier molecular flexibility index (Phi) is 4.60. The lowest BCUT2D eigenvalue weighted by atomic mass is 10.2. The molecule has 0 saturated carbocycles. The smallest absolute Gasteiger partial charge is 0.363 e. The monoisotopic (exact) mass is 301 g/mol. The molecule has 112 valence electrons. The van der Waals surface area contributed by atoms with E-state index < -0.39 is 5.97 Å². The SMILES string of the molecule is O=C1OC(/C=C/c2ccccc2)=NC/1=C/C=C/c1ccccc1. The molecule has 0 atom stereocenters. The molecule has 3 heteroatoms. The maximum Gasteiger partial charge on any atom is 0.363 e. The van der Waals surface area contributed by atoms with Crippen molar-refractivity contribution in [1.29, 1.82) is 0 Å². The van der Waals surface area contributed by atoms with Crippen molar-refractivity contribution in [2.45, 2.75) is 0 Å². The number of carbonyl (C=O) groups is 1. The maximum atomic E-state index is 11.8. The van der Waals surface area contributed by atoms with E-state index in [2.05, 4.69) is 4.99 Å². The summed E-state index contributed by atoms with van der Waals surface area (Å²) in [6.45, 7) is 0. The summed E-state index contributed by atoms with van der Waals surface area (Å²) in [6, 6.07) is 19.6. The van der Waals surface area contributed by atoms with Gasteiger partial charge in [-0.15, -0.1) is 0 Å². The summed E-state index contributed by atoms with van der Waals surface area (Å²) >= 11 is 0. The Morgan fingerprint density at radius 1 is 0.783 bits per heavy atom. The van der Waals surface area contributed by atoms with Gasteiger partial charge < -0.3 is 4.74 Å². The van der Waals surface area contributed by atoms with Gasteiger partial charge in [-0.3, -0.25) is 0 Å². The molecule has 0 amide bonds. The van der Waals surface area contributed by atoms with Crippen LogP contribution in [0.4, 0.5) is 0 Å². The minimum Gasteiger partial charge on any atom is -0.403 e. The second kappa shape index (κ2) is 7.18. The highest BCUT2D eigenvalue weighted by molar-refractivity contribution is 6.09. The summed E-state index contributed by atoms with van der Waals surface area (Å²) in [5, 5.41) is 0. The number of hydrogen-bond acceptors (Lipinski definition) is 3. The average molecular weight is 301 g/mol. The van der Waals surface area contributed by atoms with Gasteiger partial charge in [0.25, 0.3) is 0 Å². The van der Waals surface area contributed by atoms with Crippen molar-refractivity contribution in [1.82, 2.24) is 0 Å². The highest BCUT2D eigenvalue weighted by Gasteiger charge is 2.20. The highest BCUT2D eigenvalue weighted by Crippen LogP contribution is 2.13. The predicted molar refractivity (Wildman–Crippen MR) is 92.6 cm³/mol. The van der Waals surface area contributed by atoms with Gasteiger partial charge in [0.1, 0.15) is 0 Å². The fraction of sp³-hybridized carbons (Fsp3) is 0. The molecule has 0 bridgehead atoms. The van der Waals surface area contributed by atoms with Crippen LogP contribution in [0.25, 0.3) is 12.2 Å². The second-order valence-electron chi connectivity index (χ2n) is 4.91. The number of hydrogen-bond donors (Lipinski definition) is 0. The van der Waals surface area contributed by atoms with Crippen LogP contribution >= 0.6 is 0 Å². The molecular weight excluding hydrogens is 286 g/mol. The van der Waals surface area contributed by atoms with Crippen molar-refractivity contribution >= 4 is 24.0 Å². The van der Waals surface area contributed by atoms with Crippen molar-refractivity contribution in [3.8, 4) is 0 Å². The summed E-state index contributed by atoms with van der Waals surface area (Å²) in [7, 11) is 0. The Morgan fingerprint density at radius 2 is 1.39 bits per heavy atom. The van der Waals surface area contributed by atoms with Gasteiger partial charge in [-0.2, -0.15) is 0 Å². The van der Waals surface area contributed by atoms with Crippen molar-refractivity contribution in [2.75, 3.05) is 0 Å². The molecule has 3 rings (SSSR count). The van der Waals surface area contributed by atoms with Crippen LogP contribution < -0.4 is 0 Å². The Balaban J connectivity index is 1.70. The largest absolute Gasteiger partial charge is 0.403 e. The van der Waals surface area contributed by atoms with Gasteiger partial charge in [-0.1, -0.05) is 72.8 Å². The normalized spacial score (nSPS) is 16.3. The Morgan fingerprint density at radius 3 is 2.04 bits per heavy atom. The number of carbonyl (C=O) groups excluding carboxylic acids is 1.